The molecule has 1 aromatic carbocycles. The quantitative estimate of drug-likeness (QED) is 0.642. The average Bonchev–Trinajstić information content (AvgIpc) is 3.00. The highest BCUT2D eigenvalue weighted by Gasteiger charge is 2.20. The number of nitrogens with zero attached hydrogens (tertiary/aromatic N) is 2. The van der Waals surface area contributed by atoms with Gasteiger partial charge in [-0.2, -0.15) is 0 Å². The molecule has 0 spiro atoms. The first kappa shape index (κ1) is 20.0. The topological polar surface area (TPSA) is 93.1 Å². The Labute approximate surface area is 170 Å². The van der Waals surface area contributed by atoms with Crippen molar-refractivity contribution in [1.29, 1.82) is 0 Å². The molecule has 0 bridgehead atoms. The summed E-state index contributed by atoms with van der Waals surface area (Å²) in [7, 11) is 0. The number of amides is 2. The van der Waals surface area contributed by atoms with Gasteiger partial charge >= 0.3 is 0 Å². The zero-order valence-electron chi connectivity index (χ0n) is 15.4. The van der Waals surface area contributed by atoms with E-state index in [4.69, 9.17) is 11.6 Å². The molecule has 146 valence electrons. The van der Waals surface area contributed by atoms with E-state index in [0.717, 1.165) is 17.8 Å². The van der Waals surface area contributed by atoms with Crippen molar-refractivity contribution >= 4 is 50.7 Å². The predicted octanol–water partition coefficient (Wildman–Crippen LogP) is 3.20. The lowest BCUT2D eigenvalue weighted by atomic mass is 10.2. The van der Waals surface area contributed by atoms with E-state index in [9.17, 15) is 14.4 Å². The van der Waals surface area contributed by atoms with E-state index >= 15 is 0 Å². The molecule has 0 fully saturated rings. The van der Waals surface area contributed by atoms with E-state index < -0.39 is 0 Å². The second kappa shape index (κ2) is 8.53. The Morgan fingerprint density at radius 1 is 1.32 bits per heavy atom. The van der Waals surface area contributed by atoms with Gasteiger partial charge in [0.25, 0.3) is 11.5 Å². The maximum Gasteiger partial charge on any atom is 0.266 e. The molecule has 7 nitrogen and oxygen atoms in total. The van der Waals surface area contributed by atoms with Crippen LogP contribution in [-0.2, 0) is 11.3 Å². The van der Waals surface area contributed by atoms with Gasteiger partial charge < -0.3 is 10.6 Å². The summed E-state index contributed by atoms with van der Waals surface area (Å²) in [6.07, 6.45) is 2.15. The standard InChI is InChI=1S/C19H19ClN4O3S/c1-3-7-21-14(25)9-24-10-22-18-15(19(24)27)11(2)16(28-18)17(26)23-13-6-4-5-12(20)8-13/h4-6,8,10H,3,7,9H2,1-2H3,(H,21,25)(H,23,26). The van der Waals surface area contributed by atoms with Crippen molar-refractivity contribution < 1.29 is 9.59 Å². The van der Waals surface area contributed by atoms with Crippen molar-refractivity contribution in [2.45, 2.75) is 26.8 Å². The van der Waals surface area contributed by atoms with Gasteiger partial charge in [0.15, 0.2) is 0 Å². The predicted molar refractivity (Wildman–Crippen MR) is 111 cm³/mol. The minimum Gasteiger partial charge on any atom is -0.355 e. The van der Waals surface area contributed by atoms with Crippen molar-refractivity contribution in [3.05, 3.63) is 56.4 Å². The SMILES string of the molecule is CCCNC(=O)Cn1cnc2sc(C(=O)Nc3cccc(Cl)c3)c(C)c2c1=O. The number of aromatic nitrogens is 2. The number of rotatable bonds is 6. The molecule has 0 saturated heterocycles. The van der Waals surface area contributed by atoms with Crippen molar-refractivity contribution in [1.82, 2.24) is 14.9 Å². The van der Waals surface area contributed by atoms with Gasteiger partial charge in [-0.05, 0) is 37.1 Å². The van der Waals surface area contributed by atoms with Crippen LogP contribution in [0, 0.1) is 6.92 Å². The highest BCUT2D eigenvalue weighted by Crippen LogP contribution is 2.28. The number of thiophene rings is 1. The fourth-order valence-electron chi connectivity index (χ4n) is 2.72. The summed E-state index contributed by atoms with van der Waals surface area (Å²) in [6, 6.07) is 6.82. The van der Waals surface area contributed by atoms with Crippen LogP contribution < -0.4 is 16.2 Å². The highest BCUT2D eigenvalue weighted by molar-refractivity contribution is 7.20. The third kappa shape index (κ3) is 4.23. The zero-order chi connectivity index (χ0) is 20.3. The van der Waals surface area contributed by atoms with E-state index in [1.165, 1.54) is 10.9 Å². The number of hydrogen-bond donors (Lipinski definition) is 2. The van der Waals surface area contributed by atoms with Gasteiger partial charge in [0, 0.05) is 17.3 Å². The van der Waals surface area contributed by atoms with E-state index in [2.05, 4.69) is 15.6 Å². The van der Waals surface area contributed by atoms with Crippen LogP contribution in [0.5, 0.6) is 0 Å². The molecule has 28 heavy (non-hydrogen) atoms. The van der Waals surface area contributed by atoms with Gasteiger partial charge in [-0.25, -0.2) is 4.98 Å². The number of carbonyl (C=O) groups excluding carboxylic acids is 2. The van der Waals surface area contributed by atoms with E-state index in [1.807, 2.05) is 6.92 Å². The fraction of sp³-hybridized carbons (Fsp3) is 0.263. The van der Waals surface area contributed by atoms with E-state index in [-0.39, 0.29) is 23.9 Å². The summed E-state index contributed by atoms with van der Waals surface area (Å²) in [5.74, 6) is -0.591. The Hall–Kier alpha value is -2.71. The molecule has 2 N–H and O–H groups in total. The molecule has 3 aromatic rings. The molecule has 2 amide bonds. The molecule has 2 aromatic heterocycles. The molecule has 3 rings (SSSR count). The second-order valence-electron chi connectivity index (χ2n) is 6.23. The number of aryl methyl sites for hydroxylation is 1. The Morgan fingerprint density at radius 3 is 2.82 bits per heavy atom. The van der Waals surface area contributed by atoms with Crippen LogP contribution in [0.2, 0.25) is 5.02 Å². The second-order valence-corrected chi connectivity index (χ2v) is 7.66. The first-order valence-corrected chi connectivity index (χ1v) is 9.92. The summed E-state index contributed by atoms with van der Waals surface area (Å²) in [6.45, 7) is 4.09. The van der Waals surface area contributed by atoms with Gasteiger partial charge in [-0.15, -0.1) is 11.3 Å². The first-order valence-electron chi connectivity index (χ1n) is 8.73. The lowest BCUT2D eigenvalue weighted by molar-refractivity contribution is -0.121. The normalized spacial score (nSPS) is 10.8. The van der Waals surface area contributed by atoms with Crippen molar-refractivity contribution in [2.24, 2.45) is 0 Å². The minimum absolute atomic E-state index is 0.110. The highest BCUT2D eigenvalue weighted by atomic mass is 35.5. The molecule has 0 radical (unpaired) electrons. The summed E-state index contributed by atoms with van der Waals surface area (Å²) in [5.41, 5.74) is 0.764. The largest absolute Gasteiger partial charge is 0.355 e. The van der Waals surface area contributed by atoms with Crippen LogP contribution >= 0.6 is 22.9 Å². The van der Waals surface area contributed by atoms with Crippen LogP contribution in [0.4, 0.5) is 5.69 Å². The van der Waals surface area contributed by atoms with Crippen molar-refractivity contribution in [2.75, 3.05) is 11.9 Å². The maximum atomic E-state index is 12.8. The molecular formula is C19H19ClN4O3S. The Morgan fingerprint density at radius 2 is 2.11 bits per heavy atom. The Kier molecular flexibility index (Phi) is 6.11. The zero-order valence-corrected chi connectivity index (χ0v) is 17.0. The van der Waals surface area contributed by atoms with Gasteiger partial charge in [-0.1, -0.05) is 24.6 Å². The third-order valence-electron chi connectivity index (χ3n) is 4.09. The molecule has 0 aliphatic rings. The molecule has 0 aliphatic heterocycles. The summed E-state index contributed by atoms with van der Waals surface area (Å²) in [4.78, 5) is 42.5. The number of benzene rings is 1. The molecule has 2 heterocycles. The number of halogens is 1. The molecular weight excluding hydrogens is 400 g/mol. The third-order valence-corrected chi connectivity index (χ3v) is 5.53. The van der Waals surface area contributed by atoms with E-state index in [1.54, 1.807) is 31.2 Å². The van der Waals surface area contributed by atoms with Crippen LogP contribution in [0.15, 0.2) is 35.4 Å². The summed E-state index contributed by atoms with van der Waals surface area (Å²) >= 11 is 7.09. The van der Waals surface area contributed by atoms with Crippen LogP contribution in [0.1, 0.15) is 28.6 Å². The Bertz CT molecular complexity index is 1110. The minimum atomic E-state index is -0.341. The molecule has 0 aliphatic carbocycles. The van der Waals surface area contributed by atoms with Crippen LogP contribution in [0.25, 0.3) is 10.2 Å². The molecule has 0 saturated carbocycles. The molecule has 9 heteroatoms. The first-order chi connectivity index (χ1) is 13.4. The smallest absolute Gasteiger partial charge is 0.266 e. The van der Waals surface area contributed by atoms with Crippen LogP contribution in [0.3, 0.4) is 0 Å². The fourth-order valence-corrected chi connectivity index (χ4v) is 3.94. The summed E-state index contributed by atoms with van der Waals surface area (Å²) in [5, 5.41) is 6.37. The van der Waals surface area contributed by atoms with Crippen molar-refractivity contribution in [3.63, 3.8) is 0 Å². The number of fused-ring (bicyclic) bond motifs is 1. The average molecular weight is 419 g/mol. The number of nitrogens with one attached hydrogen (secondary N) is 2. The Balaban J connectivity index is 1.90. The molecule has 0 unspecified atom stereocenters. The van der Waals surface area contributed by atoms with E-state index in [0.29, 0.717) is 37.9 Å². The van der Waals surface area contributed by atoms with Gasteiger partial charge in [-0.3, -0.25) is 19.0 Å². The maximum absolute atomic E-state index is 12.8. The van der Waals surface area contributed by atoms with Crippen molar-refractivity contribution in [3.8, 4) is 0 Å². The van der Waals surface area contributed by atoms with Gasteiger partial charge in [0.1, 0.15) is 11.4 Å². The number of carbonyl (C=O) groups is 2. The lowest BCUT2D eigenvalue weighted by Gasteiger charge is -2.06. The number of anilines is 1. The lowest BCUT2D eigenvalue weighted by Crippen LogP contribution is -2.32. The monoisotopic (exact) mass is 418 g/mol. The van der Waals surface area contributed by atoms with Gasteiger partial charge in [0.2, 0.25) is 5.91 Å². The summed E-state index contributed by atoms with van der Waals surface area (Å²) < 4.78 is 1.26. The van der Waals surface area contributed by atoms with Crippen LogP contribution in [-0.4, -0.2) is 27.9 Å². The van der Waals surface area contributed by atoms with Gasteiger partial charge in [0.05, 0.1) is 16.6 Å². The molecule has 0 atom stereocenters. The number of hydrogen-bond acceptors (Lipinski definition) is 5.